The molecule has 2 aromatic heterocycles. The van der Waals surface area contributed by atoms with Gasteiger partial charge in [0.15, 0.2) is 5.78 Å². The molecule has 0 saturated carbocycles. The standard InChI is InChI=1S/C12H12N4O2/c17-8-11(18)9-5-15-12(16-6-9)2-1-10-7-13-3-4-14-10/h3-7,17H,1-2,8H2. The van der Waals surface area contributed by atoms with Gasteiger partial charge in [-0.1, -0.05) is 0 Å². The molecule has 0 atom stereocenters. The fourth-order valence-corrected chi connectivity index (χ4v) is 1.42. The van der Waals surface area contributed by atoms with E-state index in [9.17, 15) is 4.79 Å². The summed E-state index contributed by atoms with van der Waals surface area (Å²) in [4.78, 5) is 27.4. The summed E-state index contributed by atoms with van der Waals surface area (Å²) in [7, 11) is 0. The van der Waals surface area contributed by atoms with E-state index >= 15 is 0 Å². The number of nitrogens with zero attached hydrogens (tertiary/aromatic N) is 4. The Labute approximate surface area is 104 Å². The Hall–Kier alpha value is -2.21. The van der Waals surface area contributed by atoms with Gasteiger partial charge < -0.3 is 5.11 Å². The molecule has 0 aromatic carbocycles. The lowest BCUT2D eigenvalue weighted by Gasteiger charge is -2.01. The Morgan fingerprint density at radius 2 is 1.83 bits per heavy atom. The second-order valence-electron chi connectivity index (χ2n) is 3.67. The molecule has 2 rings (SSSR count). The minimum atomic E-state index is -0.525. The van der Waals surface area contributed by atoms with Crippen LogP contribution in [0.4, 0.5) is 0 Å². The highest BCUT2D eigenvalue weighted by atomic mass is 16.3. The highest BCUT2D eigenvalue weighted by Crippen LogP contribution is 2.01. The molecule has 6 nitrogen and oxygen atoms in total. The molecule has 0 saturated heterocycles. The molecule has 0 aliphatic carbocycles. The molecule has 0 bridgehead atoms. The summed E-state index contributed by atoms with van der Waals surface area (Å²) < 4.78 is 0. The van der Waals surface area contributed by atoms with Crippen LogP contribution < -0.4 is 0 Å². The molecule has 0 aliphatic rings. The van der Waals surface area contributed by atoms with Crippen LogP contribution in [0, 0.1) is 0 Å². The Balaban J connectivity index is 1.97. The van der Waals surface area contributed by atoms with Crippen molar-refractivity contribution in [1.29, 1.82) is 0 Å². The lowest BCUT2D eigenvalue weighted by molar-refractivity contribution is 0.0903. The molecule has 0 radical (unpaired) electrons. The third-order valence-corrected chi connectivity index (χ3v) is 2.39. The molecule has 0 aliphatic heterocycles. The van der Waals surface area contributed by atoms with Gasteiger partial charge in [0.25, 0.3) is 0 Å². The van der Waals surface area contributed by atoms with Crippen LogP contribution in [-0.2, 0) is 12.8 Å². The largest absolute Gasteiger partial charge is 0.388 e. The van der Waals surface area contributed by atoms with Gasteiger partial charge in [-0.15, -0.1) is 0 Å². The van der Waals surface area contributed by atoms with Gasteiger partial charge in [-0.3, -0.25) is 14.8 Å². The number of carbonyl (C=O) groups excluding carboxylic acids is 1. The monoisotopic (exact) mass is 244 g/mol. The number of carbonyl (C=O) groups is 1. The predicted octanol–water partition coefficient (Wildman–Crippen LogP) is 0.227. The van der Waals surface area contributed by atoms with Crippen molar-refractivity contribution in [3.63, 3.8) is 0 Å². The lowest BCUT2D eigenvalue weighted by Crippen LogP contribution is -2.07. The third kappa shape index (κ3) is 3.14. The van der Waals surface area contributed by atoms with Gasteiger partial charge in [-0.05, 0) is 6.42 Å². The first-order chi connectivity index (χ1) is 8.79. The van der Waals surface area contributed by atoms with Crippen LogP contribution in [0.2, 0.25) is 0 Å². The molecule has 1 N–H and O–H groups in total. The number of Topliss-reactive ketones (excluding diaryl/α,β-unsaturated/α-hetero) is 1. The molecule has 0 fully saturated rings. The summed E-state index contributed by atoms with van der Waals surface area (Å²) in [5, 5.41) is 8.69. The summed E-state index contributed by atoms with van der Waals surface area (Å²) in [6.45, 7) is -0.525. The maximum atomic E-state index is 11.2. The van der Waals surface area contributed by atoms with Crippen molar-refractivity contribution < 1.29 is 9.90 Å². The summed E-state index contributed by atoms with van der Waals surface area (Å²) >= 11 is 0. The number of ketones is 1. The third-order valence-electron chi connectivity index (χ3n) is 2.39. The van der Waals surface area contributed by atoms with E-state index in [1.165, 1.54) is 12.4 Å². The van der Waals surface area contributed by atoms with Gasteiger partial charge in [-0.2, -0.15) is 0 Å². The highest BCUT2D eigenvalue weighted by molar-refractivity contribution is 5.96. The summed E-state index contributed by atoms with van der Waals surface area (Å²) in [5.74, 6) is 0.255. The zero-order chi connectivity index (χ0) is 12.8. The van der Waals surface area contributed by atoms with Crippen molar-refractivity contribution in [2.24, 2.45) is 0 Å². The zero-order valence-electron chi connectivity index (χ0n) is 9.65. The molecular weight excluding hydrogens is 232 g/mol. The minimum absolute atomic E-state index is 0.320. The van der Waals surface area contributed by atoms with E-state index < -0.39 is 6.61 Å². The van der Waals surface area contributed by atoms with Crippen molar-refractivity contribution in [2.45, 2.75) is 12.8 Å². The van der Waals surface area contributed by atoms with Crippen LogP contribution in [0.15, 0.2) is 31.0 Å². The normalized spacial score (nSPS) is 10.3. The number of aliphatic hydroxyl groups excluding tert-OH is 1. The zero-order valence-corrected chi connectivity index (χ0v) is 9.65. The highest BCUT2D eigenvalue weighted by Gasteiger charge is 2.05. The Morgan fingerprint density at radius 3 is 2.44 bits per heavy atom. The number of aliphatic hydroxyl groups is 1. The van der Waals surface area contributed by atoms with Crippen molar-refractivity contribution in [3.05, 3.63) is 48.1 Å². The number of hydrogen-bond acceptors (Lipinski definition) is 6. The van der Waals surface area contributed by atoms with Gasteiger partial charge in [0, 0.05) is 37.4 Å². The van der Waals surface area contributed by atoms with Crippen LogP contribution >= 0.6 is 0 Å². The molecular formula is C12H12N4O2. The average Bonchev–Trinajstić information content (AvgIpc) is 2.46. The molecule has 6 heteroatoms. The van der Waals surface area contributed by atoms with E-state index in [0.29, 0.717) is 24.2 Å². The SMILES string of the molecule is O=C(CO)c1cnc(CCc2cnccn2)nc1. The van der Waals surface area contributed by atoms with Gasteiger partial charge in [-0.25, -0.2) is 9.97 Å². The fraction of sp³-hybridized carbons (Fsp3) is 0.250. The van der Waals surface area contributed by atoms with Gasteiger partial charge in [0.05, 0.1) is 11.3 Å². The summed E-state index contributed by atoms with van der Waals surface area (Å²) in [5.41, 5.74) is 1.19. The van der Waals surface area contributed by atoms with E-state index in [2.05, 4.69) is 19.9 Å². The van der Waals surface area contributed by atoms with E-state index in [1.54, 1.807) is 18.6 Å². The van der Waals surface area contributed by atoms with Gasteiger partial charge in [0.2, 0.25) is 0 Å². The second-order valence-corrected chi connectivity index (χ2v) is 3.67. The second kappa shape index (κ2) is 5.92. The van der Waals surface area contributed by atoms with Crippen LogP contribution in [0.25, 0.3) is 0 Å². The van der Waals surface area contributed by atoms with Crippen molar-refractivity contribution in [2.75, 3.05) is 6.61 Å². The maximum absolute atomic E-state index is 11.2. The molecule has 18 heavy (non-hydrogen) atoms. The van der Waals surface area contributed by atoms with E-state index in [0.717, 1.165) is 5.69 Å². The first-order valence-corrected chi connectivity index (χ1v) is 5.49. The molecule has 0 amide bonds. The minimum Gasteiger partial charge on any atom is -0.388 e. The van der Waals surface area contributed by atoms with E-state index in [4.69, 9.17) is 5.11 Å². The van der Waals surface area contributed by atoms with Crippen LogP contribution in [0.5, 0.6) is 0 Å². The molecule has 0 unspecified atom stereocenters. The first-order valence-electron chi connectivity index (χ1n) is 5.49. The molecule has 2 heterocycles. The first kappa shape index (κ1) is 12.3. The Morgan fingerprint density at radius 1 is 1.06 bits per heavy atom. The number of hydrogen-bond donors (Lipinski definition) is 1. The molecule has 2 aromatic rings. The molecule has 0 spiro atoms. The van der Waals surface area contributed by atoms with Crippen molar-refractivity contribution in [1.82, 2.24) is 19.9 Å². The Kier molecular flexibility index (Phi) is 4.03. The summed E-state index contributed by atoms with van der Waals surface area (Å²) in [6.07, 6.45) is 9.14. The van der Waals surface area contributed by atoms with Crippen molar-refractivity contribution in [3.8, 4) is 0 Å². The van der Waals surface area contributed by atoms with Gasteiger partial charge >= 0.3 is 0 Å². The smallest absolute Gasteiger partial charge is 0.191 e. The fourth-order valence-electron chi connectivity index (χ4n) is 1.42. The topological polar surface area (TPSA) is 88.9 Å². The maximum Gasteiger partial charge on any atom is 0.191 e. The number of aryl methyl sites for hydroxylation is 2. The quantitative estimate of drug-likeness (QED) is 0.757. The van der Waals surface area contributed by atoms with E-state index in [1.807, 2.05) is 0 Å². The summed E-state index contributed by atoms with van der Waals surface area (Å²) in [6, 6.07) is 0. The average molecular weight is 244 g/mol. The number of aromatic nitrogens is 4. The van der Waals surface area contributed by atoms with Crippen LogP contribution in [-0.4, -0.2) is 37.4 Å². The van der Waals surface area contributed by atoms with Crippen molar-refractivity contribution >= 4 is 5.78 Å². The molecule has 92 valence electrons. The van der Waals surface area contributed by atoms with Gasteiger partial charge in [0.1, 0.15) is 12.4 Å². The number of rotatable bonds is 5. The van der Waals surface area contributed by atoms with E-state index in [-0.39, 0.29) is 5.78 Å². The van der Waals surface area contributed by atoms with Crippen LogP contribution in [0.3, 0.4) is 0 Å². The predicted molar refractivity (Wildman–Crippen MR) is 62.9 cm³/mol. The van der Waals surface area contributed by atoms with Crippen LogP contribution in [0.1, 0.15) is 21.9 Å². The lowest BCUT2D eigenvalue weighted by atomic mass is 10.2. The Bertz CT molecular complexity index is 513.